The highest BCUT2D eigenvalue weighted by Crippen LogP contribution is 1.86. The topological polar surface area (TPSA) is 103 Å². The second-order valence-electron chi connectivity index (χ2n) is 5.82. The number of aliphatic hydroxyl groups is 1. The first-order valence-electron chi connectivity index (χ1n) is 10.7. The Morgan fingerprint density at radius 1 is 0.333 bits per heavy atom. The van der Waals surface area contributed by atoms with Crippen LogP contribution in [-0.2, 0) is 42.6 Å². The van der Waals surface area contributed by atoms with E-state index in [-0.39, 0.29) is 6.61 Å². The van der Waals surface area contributed by atoms with E-state index in [0.29, 0.717) is 119 Å². The molecule has 0 spiro atoms. The molecule has 0 aliphatic rings. The summed E-state index contributed by atoms with van der Waals surface area (Å²) in [5.74, 6) is 0. The third kappa shape index (κ3) is 27.6. The van der Waals surface area contributed by atoms with Crippen LogP contribution in [0.3, 0.4) is 0 Å². The number of hydrogen-bond acceptors (Lipinski definition) is 10. The zero-order valence-corrected chi connectivity index (χ0v) is 18.6. The van der Waals surface area contributed by atoms with Crippen LogP contribution in [0.2, 0.25) is 0 Å². The van der Waals surface area contributed by atoms with Crippen molar-refractivity contribution in [3.63, 3.8) is 0 Å². The van der Waals surface area contributed by atoms with E-state index in [9.17, 15) is 0 Å². The Morgan fingerprint density at radius 3 is 0.733 bits per heavy atom. The van der Waals surface area contributed by atoms with Crippen LogP contribution >= 0.6 is 0 Å². The van der Waals surface area contributed by atoms with Gasteiger partial charge in [0, 0.05) is 6.61 Å². The highest BCUT2D eigenvalue weighted by Gasteiger charge is 1.95. The van der Waals surface area contributed by atoms with Gasteiger partial charge in [0.1, 0.15) is 0 Å². The van der Waals surface area contributed by atoms with E-state index in [1.165, 1.54) is 0 Å². The minimum Gasteiger partial charge on any atom is -0.394 e. The van der Waals surface area contributed by atoms with Crippen LogP contribution in [-0.4, -0.2) is 131 Å². The molecule has 0 amide bonds. The summed E-state index contributed by atoms with van der Waals surface area (Å²) >= 11 is 0. The van der Waals surface area contributed by atoms with E-state index in [1.807, 2.05) is 6.92 Å². The van der Waals surface area contributed by atoms with Gasteiger partial charge < -0.3 is 47.7 Å². The van der Waals surface area contributed by atoms with Crippen molar-refractivity contribution in [2.24, 2.45) is 0 Å². The molecule has 0 radical (unpaired) electrons. The summed E-state index contributed by atoms with van der Waals surface area (Å²) < 4.78 is 47.8. The molecule has 0 saturated heterocycles. The molecule has 0 heterocycles. The van der Waals surface area contributed by atoms with Crippen molar-refractivity contribution in [3.05, 3.63) is 0 Å². The second kappa shape index (κ2) is 28.6. The highest BCUT2D eigenvalue weighted by atomic mass is 16.6. The molecule has 0 aliphatic carbocycles. The van der Waals surface area contributed by atoms with Crippen molar-refractivity contribution < 1.29 is 47.7 Å². The van der Waals surface area contributed by atoms with E-state index < -0.39 is 0 Å². The summed E-state index contributed by atoms with van der Waals surface area (Å²) in [5, 5.41) is 8.53. The Hall–Kier alpha value is -0.400. The monoisotopic (exact) mass is 442 g/mol. The maximum absolute atomic E-state index is 8.53. The molecular formula is C20H42O10. The number of hydrogen-bond donors (Lipinski definition) is 1. The van der Waals surface area contributed by atoms with Gasteiger partial charge in [0.05, 0.1) is 119 Å². The van der Waals surface area contributed by atoms with Crippen molar-refractivity contribution in [3.8, 4) is 0 Å². The molecule has 10 heteroatoms. The minimum atomic E-state index is 0.0322. The van der Waals surface area contributed by atoms with Gasteiger partial charge in [-0.25, -0.2) is 0 Å². The van der Waals surface area contributed by atoms with Gasteiger partial charge in [0.25, 0.3) is 0 Å². The molecule has 0 aromatic heterocycles. The van der Waals surface area contributed by atoms with Crippen LogP contribution in [0, 0.1) is 0 Å². The van der Waals surface area contributed by atoms with Gasteiger partial charge in [-0.05, 0) is 6.92 Å². The molecule has 0 rings (SSSR count). The summed E-state index contributed by atoms with van der Waals surface area (Å²) in [6.07, 6.45) is 0. The lowest BCUT2D eigenvalue weighted by molar-refractivity contribution is -0.0253. The van der Waals surface area contributed by atoms with Crippen molar-refractivity contribution in [1.82, 2.24) is 0 Å². The van der Waals surface area contributed by atoms with Crippen molar-refractivity contribution in [2.45, 2.75) is 6.92 Å². The molecule has 0 aliphatic heterocycles. The number of rotatable bonds is 27. The largest absolute Gasteiger partial charge is 0.394 e. The summed E-state index contributed by atoms with van der Waals surface area (Å²) in [5.41, 5.74) is 0. The summed E-state index contributed by atoms with van der Waals surface area (Å²) in [7, 11) is 0. The first-order valence-corrected chi connectivity index (χ1v) is 10.7. The van der Waals surface area contributed by atoms with Crippen LogP contribution in [0.25, 0.3) is 0 Å². The van der Waals surface area contributed by atoms with Crippen LogP contribution < -0.4 is 0 Å². The standard InChI is InChI=1S/C20H42O10/c1-2-22-5-6-24-9-10-26-13-14-28-17-18-30-20-19-29-16-15-27-12-11-25-8-7-23-4-3-21/h21H,2-20H2,1H3. The van der Waals surface area contributed by atoms with Gasteiger partial charge in [-0.15, -0.1) is 0 Å². The number of ether oxygens (including phenoxy) is 9. The molecule has 0 fully saturated rings. The molecule has 182 valence electrons. The average Bonchev–Trinajstić information content (AvgIpc) is 2.76. The maximum atomic E-state index is 8.53. The Morgan fingerprint density at radius 2 is 0.533 bits per heavy atom. The van der Waals surface area contributed by atoms with Crippen molar-refractivity contribution >= 4 is 0 Å². The zero-order chi connectivity index (χ0) is 21.8. The van der Waals surface area contributed by atoms with E-state index in [4.69, 9.17) is 47.7 Å². The lowest BCUT2D eigenvalue weighted by Gasteiger charge is -2.08. The Kier molecular flexibility index (Phi) is 28.2. The first kappa shape index (κ1) is 29.6. The molecule has 10 nitrogen and oxygen atoms in total. The van der Waals surface area contributed by atoms with Gasteiger partial charge in [-0.3, -0.25) is 0 Å². The van der Waals surface area contributed by atoms with Crippen molar-refractivity contribution in [2.75, 3.05) is 126 Å². The van der Waals surface area contributed by atoms with Crippen LogP contribution in [0.1, 0.15) is 6.92 Å². The van der Waals surface area contributed by atoms with Gasteiger partial charge in [0.2, 0.25) is 0 Å². The van der Waals surface area contributed by atoms with Crippen LogP contribution in [0.4, 0.5) is 0 Å². The molecule has 0 aromatic rings. The SMILES string of the molecule is CCOCCOCCOCCOCCOCCOCCOCCOCCOCCO. The maximum Gasteiger partial charge on any atom is 0.0701 e. The van der Waals surface area contributed by atoms with Gasteiger partial charge in [0.15, 0.2) is 0 Å². The predicted molar refractivity (Wildman–Crippen MR) is 110 cm³/mol. The predicted octanol–water partition coefficient (Wildman–Crippen LogP) is 0.148. The average molecular weight is 443 g/mol. The fourth-order valence-electron chi connectivity index (χ4n) is 1.97. The molecule has 1 N–H and O–H groups in total. The first-order chi connectivity index (χ1) is 14.9. The Labute approximate surface area is 180 Å². The molecular weight excluding hydrogens is 400 g/mol. The molecule has 0 atom stereocenters. The van der Waals surface area contributed by atoms with E-state index in [0.717, 1.165) is 0 Å². The molecule has 0 saturated carbocycles. The van der Waals surface area contributed by atoms with Gasteiger partial charge >= 0.3 is 0 Å². The lowest BCUT2D eigenvalue weighted by atomic mass is 10.6. The fourth-order valence-corrected chi connectivity index (χ4v) is 1.97. The van der Waals surface area contributed by atoms with E-state index in [2.05, 4.69) is 0 Å². The third-order valence-electron chi connectivity index (χ3n) is 3.42. The third-order valence-corrected chi connectivity index (χ3v) is 3.42. The molecule has 30 heavy (non-hydrogen) atoms. The van der Waals surface area contributed by atoms with Gasteiger partial charge in [-0.2, -0.15) is 0 Å². The molecule has 0 aromatic carbocycles. The Bertz CT molecular complexity index is 269. The lowest BCUT2D eigenvalue weighted by Crippen LogP contribution is -2.15. The second-order valence-corrected chi connectivity index (χ2v) is 5.82. The van der Waals surface area contributed by atoms with Crippen LogP contribution in [0.15, 0.2) is 0 Å². The molecule has 0 bridgehead atoms. The smallest absolute Gasteiger partial charge is 0.0701 e. The Balaban J connectivity index is 2.97. The van der Waals surface area contributed by atoms with Crippen LogP contribution in [0.5, 0.6) is 0 Å². The molecule has 0 unspecified atom stereocenters. The summed E-state index contributed by atoms with van der Waals surface area (Å²) in [4.78, 5) is 0. The fraction of sp³-hybridized carbons (Fsp3) is 1.00. The summed E-state index contributed by atoms with van der Waals surface area (Å²) in [6.45, 7) is 11.6. The summed E-state index contributed by atoms with van der Waals surface area (Å²) in [6, 6.07) is 0. The quantitative estimate of drug-likeness (QED) is 0.177. The highest BCUT2D eigenvalue weighted by molar-refractivity contribution is 4.38. The number of aliphatic hydroxyl groups excluding tert-OH is 1. The minimum absolute atomic E-state index is 0.0322. The normalized spacial score (nSPS) is 11.4. The zero-order valence-electron chi connectivity index (χ0n) is 18.6. The van der Waals surface area contributed by atoms with E-state index >= 15 is 0 Å². The van der Waals surface area contributed by atoms with Gasteiger partial charge in [-0.1, -0.05) is 0 Å². The van der Waals surface area contributed by atoms with E-state index in [1.54, 1.807) is 0 Å². The van der Waals surface area contributed by atoms with Crippen molar-refractivity contribution in [1.29, 1.82) is 0 Å².